The van der Waals surface area contributed by atoms with Gasteiger partial charge in [-0.1, -0.05) is 12.1 Å². The van der Waals surface area contributed by atoms with Crippen molar-refractivity contribution < 1.29 is 4.74 Å². The van der Waals surface area contributed by atoms with Crippen molar-refractivity contribution in [2.24, 2.45) is 12.8 Å². The van der Waals surface area contributed by atoms with E-state index in [1.165, 1.54) is 0 Å². The summed E-state index contributed by atoms with van der Waals surface area (Å²) in [5.41, 5.74) is 8.17. The second-order valence-electron chi connectivity index (χ2n) is 4.79. The van der Waals surface area contributed by atoms with Crippen LogP contribution in [-0.4, -0.2) is 11.2 Å². The molecule has 0 amide bonds. The molecule has 1 aromatic heterocycles. The minimum Gasteiger partial charge on any atom is -0.494 e. The summed E-state index contributed by atoms with van der Waals surface area (Å²) in [6.45, 7) is 4.37. The minimum absolute atomic E-state index is 0.0562. The summed E-state index contributed by atoms with van der Waals surface area (Å²) in [4.78, 5) is 12.3. The average Bonchev–Trinajstić information content (AvgIpc) is 2.42. The molecule has 0 aliphatic rings. The van der Waals surface area contributed by atoms with E-state index >= 15 is 0 Å². The third-order valence-corrected chi connectivity index (χ3v) is 3.27. The number of benzene rings is 1. The molecule has 0 aliphatic heterocycles. The van der Waals surface area contributed by atoms with E-state index in [-0.39, 0.29) is 11.6 Å². The number of aromatic nitrogens is 1. The van der Waals surface area contributed by atoms with Crippen LogP contribution in [0.3, 0.4) is 0 Å². The summed E-state index contributed by atoms with van der Waals surface area (Å²) in [5, 5.41) is 0. The molecular formula is C16H20N2O2. The molecule has 0 fully saturated rings. The fourth-order valence-electron chi connectivity index (χ4n) is 2.20. The SMILES string of the molecule is CCOc1cccc(-c2ccc(C(C)N)c(=O)n2C)c1. The van der Waals surface area contributed by atoms with Gasteiger partial charge in [-0.05, 0) is 38.1 Å². The van der Waals surface area contributed by atoms with Crippen molar-refractivity contribution in [2.75, 3.05) is 6.61 Å². The van der Waals surface area contributed by atoms with Crippen molar-refractivity contribution in [2.45, 2.75) is 19.9 Å². The molecule has 106 valence electrons. The predicted octanol–water partition coefficient (Wildman–Crippen LogP) is 2.47. The average molecular weight is 272 g/mol. The Bertz CT molecular complexity index is 660. The number of rotatable bonds is 4. The van der Waals surface area contributed by atoms with Crippen molar-refractivity contribution in [3.8, 4) is 17.0 Å². The Morgan fingerprint density at radius 2 is 2.05 bits per heavy atom. The highest BCUT2D eigenvalue weighted by Gasteiger charge is 2.10. The highest BCUT2D eigenvalue weighted by atomic mass is 16.5. The summed E-state index contributed by atoms with van der Waals surface area (Å²) < 4.78 is 7.12. The fourth-order valence-corrected chi connectivity index (χ4v) is 2.20. The van der Waals surface area contributed by atoms with Gasteiger partial charge in [-0.25, -0.2) is 0 Å². The molecule has 0 aliphatic carbocycles. The van der Waals surface area contributed by atoms with Gasteiger partial charge < -0.3 is 15.0 Å². The largest absolute Gasteiger partial charge is 0.494 e. The van der Waals surface area contributed by atoms with Gasteiger partial charge in [-0.15, -0.1) is 0 Å². The van der Waals surface area contributed by atoms with Crippen molar-refractivity contribution >= 4 is 0 Å². The highest BCUT2D eigenvalue weighted by Crippen LogP contribution is 2.23. The molecule has 1 heterocycles. The maximum Gasteiger partial charge on any atom is 0.255 e. The summed E-state index contributed by atoms with van der Waals surface area (Å²) in [6, 6.07) is 11.2. The van der Waals surface area contributed by atoms with E-state index in [4.69, 9.17) is 10.5 Å². The Kier molecular flexibility index (Phi) is 4.25. The van der Waals surface area contributed by atoms with E-state index < -0.39 is 0 Å². The molecule has 0 spiro atoms. The number of pyridine rings is 1. The number of nitrogens with two attached hydrogens (primary N) is 1. The van der Waals surface area contributed by atoms with Crippen LogP contribution in [0.25, 0.3) is 11.3 Å². The zero-order valence-corrected chi connectivity index (χ0v) is 12.1. The van der Waals surface area contributed by atoms with Gasteiger partial charge >= 0.3 is 0 Å². The Morgan fingerprint density at radius 3 is 2.70 bits per heavy atom. The maximum absolute atomic E-state index is 12.3. The molecule has 0 saturated heterocycles. The topological polar surface area (TPSA) is 57.2 Å². The maximum atomic E-state index is 12.3. The van der Waals surface area contributed by atoms with Gasteiger partial charge in [0.1, 0.15) is 5.75 Å². The quantitative estimate of drug-likeness (QED) is 0.930. The number of ether oxygens (including phenoxy) is 1. The van der Waals surface area contributed by atoms with Crippen LogP contribution in [0.4, 0.5) is 0 Å². The molecule has 4 nitrogen and oxygen atoms in total. The van der Waals surface area contributed by atoms with Crippen LogP contribution in [0, 0.1) is 0 Å². The van der Waals surface area contributed by atoms with E-state index in [0.29, 0.717) is 12.2 Å². The Balaban J connectivity index is 2.51. The van der Waals surface area contributed by atoms with Crippen molar-refractivity contribution in [1.29, 1.82) is 0 Å². The normalized spacial score (nSPS) is 12.2. The number of hydrogen-bond donors (Lipinski definition) is 1. The molecule has 1 aromatic carbocycles. The number of nitrogens with zero attached hydrogens (tertiary/aromatic N) is 1. The minimum atomic E-state index is -0.266. The van der Waals surface area contributed by atoms with Crippen LogP contribution in [-0.2, 0) is 7.05 Å². The van der Waals surface area contributed by atoms with E-state index in [2.05, 4.69) is 0 Å². The van der Waals surface area contributed by atoms with Gasteiger partial charge in [-0.3, -0.25) is 4.79 Å². The monoisotopic (exact) mass is 272 g/mol. The second-order valence-corrected chi connectivity index (χ2v) is 4.79. The van der Waals surface area contributed by atoms with Crippen molar-refractivity contribution in [3.63, 3.8) is 0 Å². The van der Waals surface area contributed by atoms with Crippen LogP contribution in [0.5, 0.6) is 5.75 Å². The fraction of sp³-hybridized carbons (Fsp3) is 0.312. The Labute approximate surface area is 118 Å². The molecular weight excluding hydrogens is 252 g/mol. The van der Waals surface area contributed by atoms with Crippen LogP contribution in [0.1, 0.15) is 25.5 Å². The van der Waals surface area contributed by atoms with Crippen LogP contribution < -0.4 is 16.0 Å². The molecule has 0 bridgehead atoms. The van der Waals surface area contributed by atoms with Gasteiger partial charge in [0.15, 0.2) is 0 Å². The molecule has 2 aromatic rings. The molecule has 1 unspecified atom stereocenters. The van der Waals surface area contributed by atoms with Crippen LogP contribution >= 0.6 is 0 Å². The van der Waals surface area contributed by atoms with Gasteiger partial charge in [0.25, 0.3) is 5.56 Å². The van der Waals surface area contributed by atoms with Crippen LogP contribution in [0.15, 0.2) is 41.2 Å². The van der Waals surface area contributed by atoms with Crippen LogP contribution in [0.2, 0.25) is 0 Å². The lowest BCUT2D eigenvalue weighted by atomic mass is 10.1. The zero-order valence-electron chi connectivity index (χ0n) is 12.1. The van der Waals surface area contributed by atoms with E-state index in [1.54, 1.807) is 17.7 Å². The first-order valence-electron chi connectivity index (χ1n) is 6.73. The molecule has 2 rings (SSSR count). The lowest BCUT2D eigenvalue weighted by Crippen LogP contribution is -2.26. The summed E-state index contributed by atoms with van der Waals surface area (Å²) in [5.74, 6) is 0.800. The molecule has 0 saturated carbocycles. The molecule has 20 heavy (non-hydrogen) atoms. The van der Waals surface area contributed by atoms with Crippen molar-refractivity contribution in [1.82, 2.24) is 4.57 Å². The molecule has 2 N–H and O–H groups in total. The molecule has 4 heteroatoms. The first-order valence-corrected chi connectivity index (χ1v) is 6.73. The Hall–Kier alpha value is -2.07. The predicted molar refractivity (Wildman–Crippen MR) is 80.9 cm³/mol. The lowest BCUT2D eigenvalue weighted by molar-refractivity contribution is 0.340. The summed E-state index contributed by atoms with van der Waals surface area (Å²) >= 11 is 0. The third-order valence-electron chi connectivity index (χ3n) is 3.27. The second kappa shape index (κ2) is 5.92. The van der Waals surface area contributed by atoms with Crippen molar-refractivity contribution in [3.05, 3.63) is 52.3 Å². The lowest BCUT2D eigenvalue weighted by Gasteiger charge is -2.13. The first kappa shape index (κ1) is 14.3. The van der Waals surface area contributed by atoms with Gasteiger partial charge in [0, 0.05) is 24.2 Å². The standard InChI is InChI=1S/C16H20N2O2/c1-4-20-13-7-5-6-12(10-13)15-9-8-14(11(2)17)16(19)18(15)3/h5-11H,4,17H2,1-3H3. The van der Waals surface area contributed by atoms with Gasteiger partial charge in [0.2, 0.25) is 0 Å². The number of hydrogen-bond acceptors (Lipinski definition) is 3. The van der Waals surface area contributed by atoms with E-state index in [9.17, 15) is 4.79 Å². The zero-order chi connectivity index (χ0) is 14.7. The Morgan fingerprint density at radius 1 is 1.30 bits per heavy atom. The van der Waals surface area contributed by atoms with E-state index in [0.717, 1.165) is 17.0 Å². The van der Waals surface area contributed by atoms with Gasteiger partial charge in [-0.2, -0.15) is 0 Å². The first-order chi connectivity index (χ1) is 9.54. The summed E-state index contributed by atoms with van der Waals surface area (Å²) in [7, 11) is 1.76. The molecule has 1 atom stereocenters. The van der Waals surface area contributed by atoms with E-state index in [1.807, 2.05) is 44.2 Å². The van der Waals surface area contributed by atoms with Gasteiger partial charge in [0.05, 0.1) is 12.3 Å². The highest BCUT2D eigenvalue weighted by molar-refractivity contribution is 5.62. The molecule has 0 radical (unpaired) electrons. The summed E-state index contributed by atoms with van der Waals surface area (Å²) in [6.07, 6.45) is 0. The third kappa shape index (κ3) is 2.75. The smallest absolute Gasteiger partial charge is 0.255 e.